The van der Waals surface area contributed by atoms with Crippen molar-refractivity contribution in [2.75, 3.05) is 0 Å². The van der Waals surface area contributed by atoms with Crippen molar-refractivity contribution in [1.29, 1.82) is 0 Å². The van der Waals surface area contributed by atoms with Gasteiger partial charge in [0.25, 0.3) is 0 Å². The fourth-order valence-corrected chi connectivity index (χ4v) is 8.73. The van der Waals surface area contributed by atoms with Crippen molar-refractivity contribution in [3.05, 3.63) is 0 Å². The summed E-state index contributed by atoms with van der Waals surface area (Å²) in [5.41, 5.74) is 0. The minimum atomic E-state index is -0.203. The van der Waals surface area contributed by atoms with Crippen LogP contribution in [-0.4, -0.2) is 33.6 Å². The highest BCUT2D eigenvalue weighted by molar-refractivity contribution is 5.26. The van der Waals surface area contributed by atoms with Gasteiger partial charge in [-0.1, -0.05) is 0 Å². The number of hydrogen-bond donors (Lipinski definition) is 3. The number of rotatable bonds is 0. The molecule has 0 spiro atoms. The van der Waals surface area contributed by atoms with E-state index < -0.39 is 0 Å². The molecular formula is C16H22O3. The van der Waals surface area contributed by atoms with Crippen molar-refractivity contribution in [2.24, 2.45) is 59.2 Å². The van der Waals surface area contributed by atoms with E-state index in [2.05, 4.69) is 0 Å². The van der Waals surface area contributed by atoms with Gasteiger partial charge in [0.15, 0.2) is 0 Å². The Balaban J connectivity index is 1.58. The van der Waals surface area contributed by atoms with E-state index >= 15 is 0 Å². The second-order valence-corrected chi connectivity index (χ2v) is 8.44. The zero-order chi connectivity index (χ0) is 12.6. The number of hydrogen-bond acceptors (Lipinski definition) is 3. The molecule has 6 fully saturated rings. The Hall–Kier alpha value is -0.120. The molecule has 3 N–H and O–H groups in total. The van der Waals surface area contributed by atoms with E-state index in [-0.39, 0.29) is 18.3 Å². The van der Waals surface area contributed by atoms with Crippen molar-refractivity contribution >= 4 is 0 Å². The van der Waals surface area contributed by atoms with Crippen LogP contribution in [0.25, 0.3) is 0 Å². The second-order valence-electron chi connectivity index (χ2n) is 8.44. The highest BCUT2D eigenvalue weighted by Crippen LogP contribution is 2.79. The quantitative estimate of drug-likeness (QED) is 0.595. The summed E-state index contributed by atoms with van der Waals surface area (Å²) in [4.78, 5) is 0. The lowest BCUT2D eigenvalue weighted by atomic mass is 9.83. The van der Waals surface area contributed by atoms with E-state index in [0.717, 1.165) is 31.1 Å². The fraction of sp³-hybridized carbons (Fsp3) is 1.00. The molecule has 3 nitrogen and oxygen atoms in total. The molecule has 6 aliphatic carbocycles. The average Bonchev–Trinajstić information content (AvgIpc) is 3.05. The standard InChI is InChI=1S/C16H22O3/c17-7-1-4-5-2-8(18)14-12(5)16-11(4)10(7)6-3-9(19)15(14)13(6)16/h4-19H,1-3H2/t4-,5+,6+,7-,8+,9+,10-,11+,12-,13+,14-,15+,16+/m1/s1. The molecule has 6 saturated carbocycles. The van der Waals surface area contributed by atoms with Gasteiger partial charge in [0.2, 0.25) is 0 Å². The van der Waals surface area contributed by atoms with E-state index in [1.165, 1.54) is 0 Å². The van der Waals surface area contributed by atoms with Gasteiger partial charge in [-0.3, -0.25) is 0 Å². The summed E-state index contributed by atoms with van der Waals surface area (Å²) in [6.07, 6.45) is 2.34. The Kier molecular flexibility index (Phi) is 1.62. The number of aliphatic hydroxyl groups excluding tert-OH is 3. The highest BCUT2D eigenvalue weighted by Gasteiger charge is 2.78. The van der Waals surface area contributed by atoms with Gasteiger partial charge < -0.3 is 15.3 Å². The maximum Gasteiger partial charge on any atom is 0.0577 e. The first-order valence-corrected chi connectivity index (χ1v) is 8.22. The first-order valence-electron chi connectivity index (χ1n) is 8.22. The number of aliphatic hydroxyl groups is 3. The molecule has 0 aromatic carbocycles. The molecule has 6 rings (SSSR count). The highest BCUT2D eigenvalue weighted by atomic mass is 16.3. The first-order chi connectivity index (χ1) is 9.18. The van der Waals surface area contributed by atoms with Crippen molar-refractivity contribution in [2.45, 2.75) is 37.6 Å². The zero-order valence-corrected chi connectivity index (χ0v) is 11.0. The zero-order valence-electron chi connectivity index (χ0n) is 11.0. The largest absolute Gasteiger partial charge is 0.393 e. The van der Waals surface area contributed by atoms with Gasteiger partial charge in [-0.15, -0.1) is 0 Å². The summed E-state index contributed by atoms with van der Waals surface area (Å²) in [6.45, 7) is 0. The van der Waals surface area contributed by atoms with Crippen LogP contribution in [-0.2, 0) is 0 Å². The second kappa shape index (κ2) is 2.90. The first kappa shape index (κ1) is 10.6. The molecule has 0 aromatic heterocycles. The maximum absolute atomic E-state index is 10.5. The van der Waals surface area contributed by atoms with Crippen LogP contribution in [0.1, 0.15) is 19.3 Å². The Labute approximate surface area is 113 Å². The van der Waals surface area contributed by atoms with Gasteiger partial charge in [0.1, 0.15) is 0 Å². The average molecular weight is 262 g/mol. The molecule has 0 amide bonds. The molecule has 0 heterocycles. The lowest BCUT2D eigenvalue weighted by Gasteiger charge is -2.25. The van der Waals surface area contributed by atoms with Crippen molar-refractivity contribution in [3.63, 3.8) is 0 Å². The third-order valence-corrected chi connectivity index (χ3v) is 8.51. The van der Waals surface area contributed by atoms with Crippen LogP contribution >= 0.6 is 0 Å². The Morgan fingerprint density at radius 1 is 0.421 bits per heavy atom. The smallest absolute Gasteiger partial charge is 0.0577 e. The van der Waals surface area contributed by atoms with Crippen LogP contribution in [0.5, 0.6) is 0 Å². The summed E-state index contributed by atoms with van der Waals surface area (Å²) in [5.74, 6) is 5.97. The summed E-state index contributed by atoms with van der Waals surface area (Å²) >= 11 is 0. The topological polar surface area (TPSA) is 60.7 Å². The van der Waals surface area contributed by atoms with Crippen molar-refractivity contribution in [3.8, 4) is 0 Å². The molecular weight excluding hydrogens is 240 g/mol. The molecule has 6 aliphatic rings. The SMILES string of the molecule is O[C@@H]1C[C@@H]2[C@@H]3C[C@H](O)[C@@H]4[C@@H]3[C@H]3[C@H]5[C@@H](C[C@H](O)[C@@H]54)[C@H]1[C@H]23. The minimum Gasteiger partial charge on any atom is -0.393 e. The van der Waals surface area contributed by atoms with Gasteiger partial charge in [-0.05, 0) is 78.4 Å². The molecule has 0 aromatic rings. The van der Waals surface area contributed by atoms with Crippen LogP contribution in [0.2, 0.25) is 0 Å². The lowest BCUT2D eigenvalue weighted by molar-refractivity contribution is 0.0366. The Morgan fingerprint density at radius 3 is 1.47 bits per heavy atom. The van der Waals surface area contributed by atoms with E-state index in [0.29, 0.717) is 47.3 Å². The third-order valence-electron chi connectivity index (χ3n) is 8.51. The monoisotopic (exact) mass is 262 g/mol. The van der Waals surface area contributed by atoms with E-state index in [1.807, 2.05) is 0 Å². The Morgan fingerprint density at radius 2 is 0.842 bits per heavy atom. The van der Waals surface area contributed by atoms with Crippen LogP contribution in [0.15, 0.2) is 0 Å². The molecule has 104 valence electrons. The van der Waals surface area contributed by atoms with Crippen LogP contribution in [0.4, 0.5) is 0 Å². The van der Waals surface area contributed by atoms with Gasteiger partial charge in [-0.25, -0.2) is 0 Å². The van der Waals surface area contributed by atoms with Crippen molar-refractivity contribution in [1.82, 2.24) is 0 Å². The molecule has 0 unspecified atom stereocenters. The molecule has 3 heteroatoms. The summed E-state index contributed by atoms with van der Waals surface area (Å²) in [5, 5.41) is 31.5. The van der Waals surface area contributed by atoms with Gasteiger partial charge in [0, 0.05) is 0 Å². The summed E-state index contributed by atoms with van der Waals surface area (Å²) in [6, 6.07) is 0. The molecule has 0 bridgehead atoms. The summed E-state index contributed by atoms with van der Waals surface area (Å²) in [7, 11) is 0. The maximum atomic E-state index is 10.5. The van der Waals surface area contributed by atoms with E-state index in [1.54, 1.807) is 0 Å². The number of fused-ring (bicyclic) bond motifs is 3. The normalized spacial score (nSPS) is 78.2. The fourth-order valence-electron chi connectivity index (χ4n) is 8.73. The molecule has 0 radical (unpaired) electrons. The predicted molar refractivity (Wildman–Crippen MR) is 66.8 cm³/mol. The molecule has 13 atom stereocenters. The molecule has 0 saturated heterocycles. The van der Waals surface area contributed by atoms with Gasteiger partial charge in [-0.2, -0.15) is 0 Å². The predicted octanol–water partition coefficient (Wildman–Crippen LogP) is 0.483. The minimum absolute atomic E-state index is 0.117. The van der Waals surface area contributed by atoms with Gasteiger partial charge in [0.05, 0.1) is 18.3 Å². The molecule has 19 heavy (non-hydrogen) atoms. The molecule has 0 aliphatic heterocycles. The van der Waals surface area contributed by atoms with Gasteiger partial charge >= 0.3 is 0 Å². The summed E-state index contributed by atoms with van der Waals surface area (Å²) < 4.78 is 0. The Bertz CT molecular complexity index is 465. The van der Waals surface area contributed by atoms with Crippen LogP contribution < -0.4 is 0 Å². The van der Waals surface area contributed by atoms with Crippen LogP contribution in [0.3, 0.4) is 0 Å². The van der Waals surface area contributed by atoms with Crippen molar-refractivity contribution < 1.29 is 15.3 Å². The van der Waals surface area contributed by atoms with E-state index in [4.69, 9.17) is 0 Å². The third kappa shape index (κ3) is 0.873. The van der Waals surface area contributed by atoms with Crippen LogP contribution in [0, 0.1) is 59.2 Å². The lowest BCUT2D eigenvalue weighted by Crippen LogP contribution is -2.30. The van der Waals surface area contributed by atoms with E-state index in [9.17, 15) is 15.3 Å².